The van der Waals surface area contributed by atoms with E-state index >= 15 is 0 Å². The molecule has 3 nitrogen and oxygen atoms in total. The normalized spacial score (nSPS) is 10.2. The number of carbonyl (C=O) groups is 1. The van der Waals surface area contributed by atoms with Gasteiger partial charge in [0.05, 0.1) is 11.1 Å². The fourth-order valence-corrected chi connectivity index (χ4v) is 2.26. The van der Waals surface area contributed by atoms with Crippen LogP contribution in [0.5, 0.6) is 0 Å². The standard InChI is InChI=1S/C12H11ClN2OS/c1-15(12-14-6-11(8-16)17-12)7-9-2-4-10(13)5-3-9/h2-6,8H,7H2,1H3. The Labute approximate surface area is 109 Å². The Kier molecular flexibility index (Phi) is 3.76. The number of halogens is 1. The molecule has 0 spiro atoms. The molecule has 0 radical (unpaired) electrons. The van der Waals surface area contributed by atoms with Gasteiger partial charge in [-0.15, -0.1) is 0 Å². The van der Waals surface area contributed by atoms with Gasteiger partial charge in [-0.25, -0.2) is 4.98 Å². The van der Waals surface area contributed by atoms with Crippen molar-refractivity contribution >= 4 is 34.4 Å². The molecule has 0 saturated carbocycles. The van der Waals surface area contributed by atoms with Crippen LogP contribution in [0.3, 0.4) is 0 Å². The average molecular weight is 267 g/mol. The van der Waals surface area contributed by atoms with Crippen LogP contribution < -0.4 is 4.90 Å². The zero-order chi connectivity index (χ0) is 12.3. The second kappa shape index (κ2) is 5.29. The summed E-state index contributed by atoms with van der Waals surface area (Å²) in [7, 11) is 1.95. The first-order chi connectivity index (χ1) is 8.19. The van der Waals surface area contributed by atoms with E-state index in [-0.39, 0.29) is 0 Å². The molecular weight excluding hydrogens is 256 g/mol. The molecule has 0 fully saturated rings. The van der Waals surface area contributed by atoms with Gasteiger partial charge in [-0.05, 0) is 17.7 Å². The van der Waals surface area contributed by atoms with Gasteiger partial charge in [0.15, 0.2) is 11.4 Å². The van der Waals surface area contributed by atoms with Crippen molar-refractivity contribution < 1.29 is 4.79 Å². The minimum atomic E-state index is 0.642. The summed E-state index contributed by atoms with van der Waals surface area (Å²) in [5, 5.41) is 1.57. The van der Waals surface area contributed by atoms with E-state index in [4.69, 9.17) is 11.6 Å². The molecule has 1 aromatic carbocycles. The van der Waals surface area contributed by atoms with Gasteiger partial charge < -0.3 is 4.90 Å². The number of aldehydes is 1. The molecule has 0 unspecified atom stereocenters. The maximum atomic E-state index is 10.6. The lowest BCUT2D eigenvalue weighted by Gasteiger charge is -2.15. The highest BCUT2D eigenvalue weighted by Crippen LogP contribution is 2.22. The summed E-state index contributed by atoms with van der Waals surface area (Å²) in [6, 6.07) is 7.69. The van der Waals surface area contributed by atoms with E-state index in [2.05, 4.69) is 4.98 Å². The molecule has 1 aromatic heterocycles. The van der Waals surface area contributed by atoms with Gasteiger partial charge >= 0.3 is 0 Å². The van der Waals surface area contributed by atoms with Crippen LogP contribution in [0.1, 0.15) is 15.2 Å². The zero-order valence-electron chi connectivity index (χ0n) is 9.26. The van der Waals surface area contributed by atoms with Gasteiger partial charge in [-0.1, -0.05) is 35.1 Å². The number of thiazole rings is 1. The Morgan fingerprint density at radius 1 is 1.41 bits per heavy atom. The summed E-state index contributed by atoms with van der Waals surface area (Å²) in [6.45, 7) is 0.739. The third-order valence-electron chi connectivity index (χ3n) is 2.29. The van der Waals surface area contributed by atoms with Crippen LogP contribution in [0.4, 0.5) is 5.13 Å². The van der Waals surface area contributed by atoms with Crippen LogP contribution in [0.25, 0.3) is 0 Å². The first-order valence-electron chi connectivity index (χ1n) is 5.05. The lowest BCUT2D eigenvalue weighted by Crippen LogP contribution is -2.15. The van der Waals surface area contributed by atoms with E-state index in [1.165, 1.54) is 11.3 Å². The number of anilines is 1. The third-order valence-corrected chi connectivity index (χ3v) is 3.58. The molecule has 88 valence electrons. The molecule has 0 atom stereocenters. The maximum absolute atomic E-state index is 10.6. The van der Waals surface area contributed by atoms with Gasteiger partial charge in [-0.2, -0.15) is 0 Å². The van der Waals surface area contributed by atoms with E-state index < -0.39 is 0 Å². The highest BCUT2D eigenvalue weighted by Gasteiger charge is 2.07. The van der Waals surface area contributed by atoms with E-state index in [9.17, 15) is 4.79 Å². The molecule has 0 aliphatic heterocycles. The molecule has 0 aliphatic rings. The first kappa shape index (κ1) is 12.1. The zero-order valence-corrected chi connectivity index (χ0v) is 10.8. The summed E-state index contributed by atoms with van der Waals surface area (Å²) in [5.41, 5.74) is 1.15. The molecule has 2 rings (SSSR count). The molecule has 17 heavy (non-hydrogen) atoms. The fraction of sp³-hybridized carbons (Fsp3) is 0.167. The maximum Gasteiger partial charge on any atom is 0.185 e. The van der Waals surface area contributed by atoms with Crippen LogP contribution in [0.15, 0.2) is 30.5 Å². The van der Waals surface area contributed by atoms with Crippen molar-refractivity contribution in [1.29, 1.82) is 0 Å². The van der Waals surface area contributed by atoms with Crippen molar-refractivity contribution in [1.82, 2.24) is 4.98 Å². The van der Waals surface area contributed by atoms with E-state index in [1.807, 2.05) is 36.2 Å². The van der Waals surface area contributed by atoms with Gasteiger partial charge in [0.1, 0.15) is 0 Å². The predicted octanol–water partition coefficient (Wildman–Crippen LogP) is 3.25. The summed E-state index contributed by atoms with van der Waals surface area (Å²) in [6.07, 6.45) is 2.41. The van der Waals surface area contributed by atoms with Crippen molar-refractivity contribution in [2.45, 2.75) is 6.54 Å². The minimum absolute atomic E-state index is 0.642. The third kappa shape index (κ3) is 3.05. The highest BCUT2D eigenvalue weighted by atomic mass is 35.5. The van der Waals surface area contributed by atoms with Crippen molar-refractivity contribution in [2.24, 2.45) is 0 Å². The fourth-order valence-electron chi connectivity index (χ4n) is 1.44. The number of benzene rings is 1. The largest absolute Gasteiger partial charge is 0.347 e. The monoisotopic (exact) mass is 266 g/mol. The van der Waals surface area contributed by atoms with Gasteiger partial charge in [0.2, 0.25) is 0 Å². The van der Waals surface area contributed by atoms with Gasteiger partial charge in [0.25, 0.3) is 0 Å². The van der Waals surface area contributed by atoms with Crippen molar-refractivity contribution in [2.75, 3.05) is 11.9 Å². The van der Waals surface area contributed by atoms with Crippen LogP contribution >= 0.6 is 22.9 Å². The second-order valence-electron chi connectivity index (χ2n) is 3.65. The number of aromatic nitrogens is 1. The highest BCUT2D eigenvalue weighted by molar-refractivity contribution is 7.17. The van der Waals surface area contributed by atoms with Gasteiger partial charge in [0, 0.05) is 18.6 Å². The Bertz CT molecular complexity index is 509. The summed E-state index contributed by atoms with van der Waals surface area (Å²) < 4.78 is 0. The minimum Gasteiger partial charge on any atom is -0.347 e. The second-order valence-corrected chi connectivity index (χ2v) is 5.12. The summed E-state index contributed by atoms with van der Waals surface area (Å²) >= 11 is 7.21. The number of carbonyl (C=O) groups excluding carboxylic acids is 1. The molecule has 1 heterocycles. The number of nitrogens with zero attached hydrogens (tertiary/aromatic N) is 2. The quantitative estimate of drug-likeness (QED) is 0.797. The molecular formula is C12H11ClN2OS. The Morgan fingerprint density at radius 3 is 2.71 bits per heavy atom. The van der Waals surface area contributed by atoms with Crippen molar-refractivity contribution in [3.8, 4) is 0 Å². The molecule has 5 heteroatoms. The molecule has 0 bridgehead atoms. The Balaban J connectivity index is 2.08. The molecule has 0 N–H and O–H groups in total. The number of hydrogen-bond donors (Lipinski definition) is 0. The van der Waals surface area contributed by atoms with Crippen LogP contribution in [-0.2, 0) is 6.54 Å². The average Bonchev–Trinajstić information content (AvgIpc) is 2.81. The van der Waals surface area contributed by atoms with Crippen molar-refractivity contribution in [3.05, 3.63) is 45.9 Å². The van der Waals surface area contributed by atoms with E-state index in [1.54, 1.807) is 6.20 Å². The number of hydrogen-bond acceptors (Lipinski definition) is 4. The molecule has 0 saturated heterocycles. The smallest absolute Gasteiger partial charge is 0.185 e. The lowest BCUT2D eigenvalue weighted by atomic mass is 10.2. The predicted molar refractivity (Wildman–Crippen MR) is 71.1 cm³/mol. The molecule has 0 amide bonds. The lowest BCUT2D eigenvalue weighted by molar-refractivity contribution is 0.112. The molecule has 0 aliphatic carbocycles. The first-order valence-corrected chi connectivity index (χ1v) is 6.25. The number of rotatable bonds is 4. The topological polar surface area (TPSA) is 33.2 Å². The van der Waals surface area contributed by atoms with E-state index in [0.717, 1.165) is 28.5 Å². The van der Waals surface area contributed by atoms with Gasteiger partial charge in [-0.3, -0.25) is 4.79 Å². The van der Waals surface area contributed by atoms with Crippen LogP contribution in [-0.4, -0.2) is 18.3 Å². The van der Waals surface area contributed by atoms with Crippen LogP contribution in [0, 0.1) is 0 Å². The van der Waals surface area contributed by atoms with Crippen molar-refractivity contribution in [3.63, 3.8) is 0 Å². The Hall–Kier alpha value is -1.39. The SMILES string of the molecule is CN(Cc1ccc(Cl)cc1)c1ncc(C=O)s1. The Morgan fingerprint density at radius 2 is 2.12 bits per heavy atom. The van der Waals surface area contributed by atoms with Crippen LogP contribution in [0.2, 0.25) is 5.02 Å². The summed E-state index contributed by atoms with van der Waals surface area (Å²) in [4.78, 5) is 17.4. The summed E-state index contributed by atoms with van der Waals surface area (Å²) in [5.74, 6) is 0. The van der Waals surface area contributed by atoms with E-state index in [0.29, 0.717) is 4.88 Å². The molecule has 2 aromatic rings.